The molecule has 0 saturated carbocycles. The third-order valence-electron chi connectivity index (χ3n) is 3.77. The third-order valence-corrected chi connectivity index (χ3v) is 3.77. The number of likely N-dealkylation sites (N-methyl/N-ethyl adjacent to an activating group) is 1. The first-order valence-electron chi connectivity index (χ1n) is 7.82. The average Bonchev–Trinajstić information content (AvgIpc) is 2.96. The lowest BCUT2D eigenvalue weighted by molar-refractivity contribution is 0.0282. The van der Waals surface area contributed by atoms with Crippen molar-refractivity contribution in [2.75, 3.05) is 27.2 Å². The lowest BCUT2D eigenvalue weighted by atomic mass is 10.2. The number of carbonyl (C=O) groups is 1. The fraction of sp³-hybridized carbons (Fsp3) is 0.688. The van der Waals surface area contributed by atoms with Crippen molar-refractivity contribution in [2.45, 2.75) is 45.4 Å². The van der Waals surface area contributed by atoms with Gasteiger partial charge in [-0.05, 0) is 34.2 Å². The molecule has 7 heteroatoms. The Bertz CT molecular complexity index is 544. The summed E-state index contributed by atoms with van der Waals surface area (Å²) in [6, 6.07) is 0.272. The number of nitrogens with zero attached hydrogens (tertiary/aromatic N) is 4. The zero-order valence-corrected chi connectivity index (χ0v) is 14.6. The van der Waals surface area contributed by atoms with E-state index in [9.17, 15) is 4.79 Å². The van der Waals surface area contributed by atoms with E-state index in [-0.39, 0.29) is 12.1 Å². The summed E-state index contributed by atoms with van der Waals surface area (Å²) in [5.74, 6) is 0.543. The zero-order chi connectivity index (χ0) is 17.0. The van der Waals surface area contributed by atoms with Crippen LogP contribution in [0.1, 0.15) is 32.9 Å². The maximum Gasteiger partial charge on any atom is 0.410 e. The highest BCUT2D eigenvalue weighted by Crippen LogP contribution is 2.21. The van der Waals surface area contributed by atoms with Gasteiger partial charge in [-0.25, -0.2) is 9.78 Å². The highest BCUT2D eigenvalue weighted by atomic mass is 16.6. The second-order valence-electron chi connectivity index (χ2n) is 6.80. The molecular weight excluding hydrogens is 296 g/mol. The summed E-state index contributed by atoms with van der Waals surface area (Å²) in [5, 5.41) is 0. The quantitative estimate of drug-likeness (QED) is 0.844. The fourth-order valence-electron chi connectivity index (χ4n) is 2.59. The Labute approximate surface area is 137 Å². The van der Waals surface area contributed by atoms with Gasteiger partial charge in [0.25, 0.3) is 0 Å². The van der Waals surface area contributed by atoms with Crippen molar-refractivity contribution < 1.29 is 14.3 Å². The molecule has 0 N–H and O–H groups in total. The Kier molecular flexibility index (Phi) is 5.41. The summed E-state index contributed by atoms with van der Waals surface area (Å²) in [5.41, 5.74) is 0.335. The fourth-order valence-corrected chi connectivity index (χ4v) is 2.59. The van der Waals surface area contributed by atoms with Crippen LogP contribution in [-0.4, -0.2) is 64.8 Å². The van der Waals surface area contributed by atoms with E-state index in [2.05, 4.69) is 14.9 Å². The molecule has 0 spiro atoms. The minimum absolute atomic E-state index is 0.245. The van der Waals surface area contributed by atoms with Crippen LogP contribution in [-0.2, 0) is 11.3 Å². The summed E-state index contributed by atoms with van der Waals surface area (Å²) >= 11 is 0. The summed E-state index contributed by atoms with van der Waals surface area (Å²) < 4.78 is 10.7. The molecule has 0 radical (unpaired) electrons. The molecule has 1 aliphatic rings. The van der Waals surface area contributed by atoms with Crippen molar-refractivity contribution in [3.05, 3.63) is 18.1 Å². The lowest BCUT2D eigenvalue weighted by Gasteiger charge is -2.26. The Morgan fingerprint density at radius 1 is 1.39 bits per heavy atom. The average molecular weight is 322 g/mol. The smallest absolute Gasteiger partial charge is 0.410 e. The first kappa shape index (κ1) is 17.5. The van der Waals surface area contributed by atoms with Crippen molar-refractivity contribution >= 4 is 6.09 Å². The van der Waals surface area contributed by atoms with E-state index in [0.29, 0.717) is 25.5 Å². The van der Waals surface area contributed by atoms with Gasteiger partial charge in [-0.2, -0.15) is 0 Å². The van der Waals surface area contributed by atoms with Crippen LogP contribution in [0, 0.1) is 0 Å². The van der Waals surface area contributed by atoms with Gasteiger partial charge in [0.05, 0.1) is 7.11 Å². The summed E-state index contributed by atoms with van der Waals surface area (Å²) in [7, 11) is 3.62. The van der Waals surface area contributed by atoms with Crippen LogP contribution in [0.5, 0.6) is 5.88 Å². The molecule has 0 aliphatic carbocycles. The molecule has 1 atom stereocenters. The van der Waals surface area contributed by atoms with E-state index in [1.807, 2.05) is 27.8 Å². The van der Waals surface area contributed by atoms with Crippen LogP contribution in [0.4, 0.5) is 4.79 Å². The van der Waals surface area contributed by atoms with Gasteiger partial charge in [0.1, 0.15) is 11.3 Å². The van der Waals surface area contributed by atoms with E-state index < -0.39 is 5.60 Å². The molecule has 1 amide bonds. The lowest BCUT2D eigenvalue weighted by Crippen LogP contribution is -2.39. The van der Waals surface area contributed by atoms with Gasteiger partial charge in [0.2, 0.25) is 5.88 Å². The van der Waals surface area contributed by atoms with Gasteiger partial charge < -0.3 is 14.4 Å². The van der Waals surface area contributed by atoms with Gasteiger partial charge in [0, 0.05) is 38.1 Å². The van der Waals surface area contributed by atoms with E-state index >= 15 is 0 Å². The van der Waals surface area contributed by atoms with E-state index in [1.165, 1.54) is 0 Å². The van der Waals surface area contributed by atoms with Crippen LogP contribution < -0.4 is 4.74 Å². The van der Waals surface area contributed by atoms with Crippen LogP contribution in [0.25, 0.3) is 0 Å². The Balaban J connectivity index is 1.92. The maximum atomic E-state index is 12.1. The van der Waals surface area contributed by atoms with Gasteiger partial charge in [-0.3, -0.25) is 9.88 Å². The van der Waals surface area contributed by atoms with Crippen LogP contribution >= 0.6 is 0 Å². The number of methoxy groups -OCH3 is 1. The molecule has 1 aliphatic heterocycles. The van der Waals surface area contributed by atoms with Gasteiger partial charge in [0.15, 0.2) is 0 Å². The highest BCUT2D eigenvalue weighted by Gasteiger charge is 2.32. The number of hydrogen-bond acceptors (Lipinski definition) is 6. The van der Waals surface area contributed by atoms with Crippen LogP contribution in [0.3, 0.4) is 0 Å². The summed E-state index contributed by atoms with van der Waals surface area (Å²) in [4.78, 5) is 24.6. The summed E-state index contributed by atoms with van der Waals surface area (Å²) in [6.45, 7) is 7.64. The van der Waals surface area contributed by atoms with Gasteiger partial charge in [-0.15, -0.1) is 0 Å². The molecular formula is C16H26N4O3. The second kappa shape index (κ2) is 7.12. The zero-order valence-electron chi connectivity index (χ0n) is 14.6. The van der Waals surface area contributed by atoms with Crippen molar-refractivity contribution in [2.24, 2.45) is 0 Å². The molecule has 1 aromatic rings. The van der Waals surface area contributed by atoms with E-state index in [4.69, 9.17) is 9.47 Å². The standard InChI is InChI=1S/C16H26N4O3/c1-16(2,3)23-15(21)20-9-6-12(10-20)19(4)11-13-14(22-5)18-8-7-17-13/h7-8,12H,6,9-11H2,1-5H3/t12-/m1/s1. The third kappa shape index (κ3) is 4.79. The van der Waals surface area contributed by atoms with Crippen molar-refractivity contribution in [1.29, 1.82) is 0 Å². The predicted octanol–water partition coefficient (Wildman–Crippen LogP) is 1.93. The van der Waals surface area contributed by atoms with Gasteiger partial charge in [-0.1, -0.05) is 0 Å². The van der Waals surface area contributed by atoms with Crippen molar-refractivity contribution in [1.82, 2.24) is 19.8 Å². The Morgan fingerprint density at radius 3 is 2.74 bits per heavy atom. The number of hydrogen-bond donors (Lipinski definition) is 0. The number of ether oxygens (including phenoxy) is 2. The van der Waals surface area contributed by atoms with Crippen LogP contribution in [0.15, 0.2) is 12.4 Å². The van der Waals surface area contributed by atoms with Gasteiger partial charge >= 0.3 is 6.09 Å². The molecule has 1 fully saturated rings. The maximum absolute atomic E-state index is 12.1. The van der Waals surface area contributed by atoms with Crippen molar-refractivity contribution in [3.8, 4) is 5.88 Å². The van der Waals surface area contributed by atoms with E-state index in [1.54, 1.807) is 24.4 Å². The minimum atomic E-state index is -0.464. The molecule has 0 aromatic carbocycles. The molecule has 2 rings (SSSR count). The van der Waals surface area contributed by atoms with Crippen molar-refractivity contribution in [3.63, 3.8) is 0 Å². The SMILES string of the molecule is COc1nccnc1CN(C)[C@@H]1CCN(C(=O)OC(C)(C)C)C1. The molecule has 1 aromatic heterocycles. The monoisotopic (exact) mass is 322 g/mol. The number of amides is 1. The molecule has 0 bridgehead atoms. The number of likely N-dealkylation sites (tertiary alicyclic amines) is 1. The van der Waals surface area contributed by atoms with E-state index in [0.717, 1.165) is 12.1 Å². The summed E-state index contributed by atoms with van der Waals surface area (Å²) in [6.07, 6.45) is 3.94. The predicted molar refractivity (Wildman–Crippen MR) is 86.3 cm³/mol. The Hall–Kier alpha value is -1.89. The second-order valence-corrected chi connectivity index (χ2v) is 6.80. The topological polar surface area (TPSA) is 67.8 Å². The Morgan fingerprint density at radius 2 is 2.09 bits per heavy atom. The molecule has 128 valence electrons. The normalized spacial score (nSPS) is 18.3. The largest absolute Gasteiger partial charge is 0.480 e. The molecule has 0 unspecified atom stereocenters. The highest BCUT2D eigenvalue weighted by molar-refractivity contribution is 5.68. The molecule has 1 saturated heterocycles. The number of aromatic nitrogens is 2. The number of rotatable bonds is 4. The molecule has 7 nitrogen and oxygen atoms in total. The number of carbonyl (C=O) groups excluding carboxylic acids is 1. The first-order chi connectivity index (χ1) is 10.8. The van der Waals surface area contributed by atoms with Crippen LogP contribution in [0.2, 0.25) is 0 Å². The molecule has 23 heavy (non-hydrogen) atoms. The molecule has 2 heterocycles. The minimum Gasteiger partial charge on any atom is -0.480 e. The first-order valence-corrected chi connectivity index (χ1v) is 7.82.